The number of benzene rings is 2. The van der Waals surface area contributed by atoms with Gasteiger partial charge in [-0.3, -0.25) is 4.79 Å². The zero-order chi connectivity index (χ0) is 21.1. The number of allylic oxidation sites excluding steroid dienone is 2. The number of thioether (sulfide) groups is 1. The quantitative estimate of drug-likeness (QED) is 0.583. The Labute approximate surface area is 182 Å². The van der Waals surface area contributed by atoms with Crippen molar-refractivity contribution >= 4 is 22.6 Å². The van der Waals surface area contributed by atoms with E-state index in [9.17, 15) is 10.1 Å². The molecule has 2 aromatic carbocycles. The Balaban J connectivity index is 1.72. The van der Waals surface area contributed by atoms with Gasteiger partial charge in [0.1, 0.15) is 5.92 Å². The summed E-state index contributed by atoms with van der Waals surface area (Å²) in [6, 6.07) is 21.2. The molecule has 0 bridgehead atoms. The molecular weight excluding hydrogens is 388 g/mol. The van der Waals surface area contributed by atoms with Crippen molar-refractivity contribution in [3.63, 3.8) is 0 Å². The largest absolute Gasteiger partial charge is 0.294 e. The number of aliphatic imine (C=N–C) groups is 1. The Bertz CT molecular complexity index is 1030. The molecule has 2 atom stereocenters. The second kappa shape index (κ2) is 9.02. The van der Waals surface area contributed by atoms with E-state index >= 15 is 0 Å². The van der Waals surface area contributed by atoms with E-state index in [4.69, 9.17) is 4.99 Å². The minimum absolute atomic E-state index is 0.158. The lowest BCUT2D eigenvalue weighted by molar-refractivity contribution is -0.116. The van der Waals surface area contributed by atoms with E-state index < -0.39 is 5.92 Å². The van der Waals surface area contributed by atoms with Gasteiger partial charge in [0.25, 0.3) is 0 Å². The van der Waals surface area contributed by atoms with E-state index in [1.807, 2.05) is 18.2 Å². The molecule has 0 radical (unpaired) electrons. The maximum atomic E-state index is 12.9. The number of hydrogen-bond acceptors (Lipinski definition) is 4. The number of carbonyl (C=O) groups is 1. The van der Waals surface area contributed by atoms with Gasteiger partial charge in [0.15, 0.2) is 5.78 Å². The first-order valence-electron chi connectivity index (χ1n) is 10.6. The molecule has 2 aliphatic rings. The van der Waals surface area contributed by atoms with E-state index in [2.05, 4.69) is 56.3 Å². The molecule has 152 valence electrons. The van der Waals surface area contributed by atoms with Crippen molar-refractivity contribution in [2.24, 2.45) is 10.9 Å². The highest BCUT2D eigenvalue weighted by molar-refractivity contribution is 8.13. The van der Waals surface area contributed by atoms with Crippen LogP contribution in [0.5, 0.6) is 0 Å². The van der Waals surface area contributed by atoms with E-state index in [-0.39, 0.29) is 11.7 Å². The molecule has 4 heteroatoms. The molecule has 3 nitrogen and oxygen atoms in total. The molecule has 1 unspecified atom stereocenters. The smallest absolute Gasteiger partial charge is 0.161 e. The molecule has 0 saturated heterocycles. The number of nitrogens with zero attached hydrogens (tertiary/aromatic N) is 2. The first kappa shape index (κ1) is 20.6. The fourth-order valence-electron chi connectivity index (χ4n) is 4.26. The second-order valence-electron chi connectivity index (χ2n) is 8.27. The zero-order valence-corrected chi connectivity index (χ0v) is 18.3. The molecule has 0 saturated carbocycles. The Hall–Kier alpha value is -2.64. The van der Waals surface area contributed by atoms with E-state index in [1.165, 1.54) is 11.1 Å². The molecule has 30 heavy (non-hydrogen) atoms. The highest BCUT2D eigenvalue weighted by Gasteiger charge is 2.40. The normalized spacial score (nSPS) is 21.3. The minimum atomic E-state index is -0.426. The number of Topliss-reactive ketones (excluding diaryl/α,β-unsaturated/α-hetero) is 1. The number of rotatable bonds is 4. The topological polar surface area (TPSA) is 53.2 Å². The summed E-state index contributed by atoms with van der Waals surface area (Å²) < 4.78 is 0. The molecule has 1 aliphatic heterocycles. The maximum absolute atomic E-state index is 12.9. The molecule has 2 aromatic rings. The van der Waals surface area contributed by atoms with Crippen molar-refractivity contribution in [3.05, 3.63) is 82.6 Å². The van der Waals surface area contributed by atoms with Crippen LogP contribution in [0.1, 0.15) is 61.6 Å². The first-order chi connectivity index (χ1) is 14.6. The van der Waals surface area contributed by atoms with Gasteiger partial charge < -0.3 is 0 Å². The third-order valence-corrected chi connectivity index (χ3v) is 7.03. The van der Waals surface area contributed by atoms with Crippen molar-refractivity contribution in [3.8, 4) is 6.07 Å². The minimum Gasteiger partial charge on any atom is -0.294 e. The molecule has 0 N–H and O–H groups in total. The van der Waals surface area contributed by atoms with Crippen LogP contribution in [0, 0.1) is 17.2 Å². The van der Waals surface area contributed by atoms with Crippen LogP contribution in [0.4, 0.5) is 0 Å². The molecule has 1 aliphatic carbocycles. The fourth-order valence-corrected chi connectivity index (χ4v) is 5.31. The van der Waals surface area contributed by atoms with Gasteiger partial charge in [0.2, 0.25) is 0 Å². The van der Waals surface area contributed by atoms with Crippen LogP contribution in [0.3, 0.4) is 0 Å². The molecule has 0 aromatic heterocycles. The molecular formula is C26H26N2OS. The predicted octanol–water partition coefficient (Wildman–Crippen LogP) is 6.39. The molecule has 4 rings (SSSR count). The van der Waals surface area contributed by atoms with Gasteiger partial charge in [-0.25, -0.2) is 4.99 Å². The predicted molar refractivity (Wildman–Crippen MR) is 123 cm³/mol. The third kappa shape index (κ3) is 4.13. The molecule has 0 amide bonds. The van der Waals surface area contributed by atoms with E-state index in [0.717, 1.165) is 40.5 Å². The first-order valence-corrected chi connectivity index (χ1v) is 11.6. The monoisotopic (exact) mass is 414 g/mol. The number of carbonyl (C=O) groups excluding carboxylic acids is 1. The maximum Gasteiger partial charge on any atom is 0.161 e. The Kier molecular flexibility index (Phi) is 6.20. The molecule has 1 heterocycles. The summed E-state index contributed by atoms with van der Waals surface area (Å²) in [5.41, 5.74) is 5.18. The fraction of sp³-hybridized carbons (Fsp3) is 0.346. The van der Waals surface area contributed by atoms with Gasteiger partial charge in [0, 0.05) is 29.4 Å². The van der Waals surface area contributed by atoms with Crippen molar-refractivity contribution in [2.75, 3.05) is 0 Å². The summed E-state index contributed by atoms with van der Waals surface area (Å²) in [6.07, 6.45) is 2.21. The van der Waals surface area contributed by atoms with Crippen LogP contribution in [0.15, 0.2) is 70.9 Å². The average molecular weight is 415 g/mol. The zero-order valence-electron chi connectivity index (χ0n) is 17.5. The molecule has 0 fully saturated rings. The van der Waals surface area contributed by atoms with Crippen molar-refractivity contribution < 1.29 is 4.79 Å². The van der Waals surface area contributed by atoms with Gasteiger partial charge in [-0.15, -0.1) is 11.8 Å². The van der Waals surface area contributed by atoms with Gasteiger partial charge in [0.05, 0.1) is 11.1 Å². The standard InChI is InChI=1S/C26H26N2OS/c1-17(2)19-11-13-20(14-12-19)24-21(15-27)26(30-16-18-7-4-3-5-8-18)28-22-9-6-10-23(29)25(22)24/h3-5,7-8,11-14,17,21,24H,6,9-10,16H2,1-2H3/t21?,24-/m1/s1. The van der Waals surface area contributed by atoms with Crippen molar-refractivity contribution in [2.45, 2.75) is 50.7 Å². The lowest BCUT2D eigenvalue weighted by Gasteiger charge is -2.33. The highest BCUT2D eigenvalue weighted by Crippen LogP contribution is 2.45. The van der Waals surface area contributed by atoms with Crippen LogP contribution in [-0.4, -0.2) is 10.8 Å². The molecule has 0 spiro atoms. The van der Waals surface area contributed by atoms with Crippen LogP contribution in [0.2, 0.25) is 0 Å². The number of hydrogen-bond donors (Lipinski definition) is 0. The van der Waals surface area contributed by atoms with Crippen molar-refractivity contribution in [1.82, 2.24) is 0 Å². The van der Waals surface area contributed by atoms with Crippen LogP contribution in [0.25, 0.3) is 0 Å². The SMILES string of the molecule is CC(C)c1ccc([C@H]2C3=C(CCCC3=O)N=C(SCc3ccccc3)C2C#N)cc1. The summed E-state index contributed by atoms with van der Waals surface area (Å²) in [5, 5.41) is 11.0. The van der Waals surface area contributed by atoms with Crippen LogP contribution < -0.4 is 0 Å². The van der Waals surface area contributed by atoms with Gasteiger partial charge in [-0.2, -0.15) is 5.26 Å². The van der Waals surface area contributed by atoms with Gasteiger partial charge in [-0.1, -0.05) is 68.4 Å². The second-order valence-corrected chi connectivity index (χ2v) is 9.26. The summed E-state index contributed by atoms with van der Waals surface area (Å²) in [7, 11) is 0. The Morgan fingerprint density at radius 1 is 1.10 bits per heavy atom. The average Bonchev–Trinajstić information content (AvgIpc) is 2.77. The summed E-state index contributed by atoms with van der Waals surface area (Å²) in [5.74, 6) is 0.722. The lowest BCUT2D eigenvalue weighted by Crippen LogP contribution is -2.30. The summed E-state index contributed by atoms with van der Waals surface area (Å²) in [4.78, 5) is 17.8. The van der Waals surface area contributed by atoms with Gasteiger partial charge in [-0.05, 0) is 35.4 Å². The number of nitriles is 1. The van der Waals surface area contributed by atoms with Gasteiger partial charge >= 0.3 is 0 Å². The Morgan fingerprint density at radius 2 is 1.83 bits per heavy atom. The highest BCUT2D eigenvalue weighted by atomic mass is 32.2. The van der Waals surface area contributed by atoms with Crippen LogP contribution >= 0.6 is 11.8 Å². The third-order valence-electron chi connectivity index (χ3n) is 5.92. The summed E-state index contributed by atoms with van der Waals surface area (Å²) >= 11 is 1.63. The van der Waals surface area contributed by atoms with E-state index in [1.54, 1.807) is 11.8 Å². The summed E-state index contributed by atoms with van der Waals surface area (Å²) in [6.45, 7) is 4.34. The van der Waals surface area contributed by atoms with E-state index in [0.29, 0.717) is 12.3 Å². The van der Waals surface area contributed by atoms with Crippen LogP contribution in [-0.2, 0) is 10.5 Å². The Morgan fingerprint density at radius 3 is 2.50 bits per heavy atom. The lowest BCUT2D eigenvalue weighted by atomic mass is 9.74. The number of ketones is 1. The van der Waals surface area contributed by atoms with Crippen molar-refractivity contribution in [1.29, 1.82) is 5.26 Å².